The van der Waals surface area contributed by atoms with Crippen molar-refractivity contribution < 1.29 is 24.3 Å². The first-order chi connectivity index (χ1) is 17.0. The molecule has 4 amide bonds. The number of para-hydroxylation sites is 1. The van der Waals surface area contributed by atoms with Gasteiger partial charge in [0.1, 0.15) is 5.75 Å². The van der Waals surface area contributed by atoms with Crippen molar-refractivity contribution in [3.8, 4) is 5.75 Å². The Balaban J connectivity index is 1.75. The Morgan fingerprint density at radius 1 is 0.943 bits per heavy atom. The maximum absolute atomic E-state index is 12.7. The Hall–Kier alpha value is -4.43. The van der Waals surface area contributed by atoms with Crippen LogP contribution in [0.4, 0.5) is 4.79 Å². The molecular weight excluding hydrogens is 446 g/mol. The lowest BCUT2D eigenvalue weighted by Crippen LogP contribution is -2.41. The average molecular weight is 474 g/mol. The highest BCUT2D eigenvalue weighted by atomic mass is 16.5. The number of carbonyl (C=O) groups excluding carboxylic acids is 3. The number of methoxy groups -OCH3 is 1. The Bertz CT molecular complexity index is 1180. The molecule has 8 nitrogen and oxygen atoms in total. The van der Waals surface area contributed by atoms with Gasteiger partial charge in [0.25, 0.3) is 11.8 Å². The number of hydrogen-bond acceptors (Lipinski definition) is 5. The summed E-state index contributed by atoms with van der Waals surface area (Å²) >= 11 is 0. The quantitative estimate of drug-likeness (QED) is 0.213. The predicted octanol–water partition coefficient (Wildman–Crippen LogP) is 4.03. The van der Waals surface area contributed by atoms with E-state index >= 15 is 0 Å². The highest BCUT2D eigenvalue weighted by molar-refractivity contribution is 6.04. The third-order valence-electron chi connectivity index (χ3n) is 5.34. The van der Waals surface area contributed by atoms with Crippen molar-refractivity contribution in [1.82, 2.24) is 16.1 Å². The number of carbonyl (C=O) groups is 3. The lowest BCUT2D eigenvalue weighted by molar-refractivity contribution is -0.124. The zero-order valence-electron chi connectivity index (χ0n) is 19.2. The van der Waals surface area contributed by atoms with Gasteiger partial charge in [-0.25, -0.2) is 10.3 Å². The molecule has 35 heavy (non-hydrogen) atoms. The van der Waals surface area contributed by atoms with Gasteiger partial charge in [-0.3, -0.25) is 20.1 Å². The Morgan fingerprint density at radius 2 is 1.63 bits per heavy atom. The fourth-order valence-electron chi connectivity index (χ4n) is 3.54. The average Bonchev–Trinajstić information content (AvgIpc) is 2.90. The summed E-state index contributed by atoms with van der Waals surface area (Å²) in [4.78, 5) is 36.3. The number of hydroxylamine groups is 1. The van der Waals surface area contributed by atoms with Gasteiger partial charge in [-0.2, -0.15) is 0 Å². The molecule has 0 heterocycles. The van der Waals surface area contributed by atoms with Crippen LogP contribution < -0.4 is 20.9 Å². The molecule has 4 N–H and O–H groups in total. The van der Waals surface area contributed by atoms with Gasteiger partial charge in [0.2, 0.25) is 0 Å². The fraction of sp³-hybridized carbons (Fsp3) is 0.148. The molecule has 3 aromatic carbocycles. The third kappa shape index (κ3) is 7.55. The largest absolute Gasteiger partial charge is 0.496 e. The van der Waals surface area contributed by atoms with E-state index in [-0.39, 0.29) is 0 Å². The van der Waals surface area contributed by atoms with Gasteiger partial charge in [-0.1, -0.05) is 60.7 Å². The van der Waals surface area contributed by atoms with E-state index in [0.717, 1.165) is 22.4 Å². The SMILES string of the molecule is COc1ccccc1CCC(NC(=O)NC(=O)c1ccccc1)c1ccc(C=CC(=O)NO)cc1. The zero-order chi connectivity index (χ0) is 25.0. The number of amides is 4. The molecule has 0 aliphatic heterocycles. The molecule has 3 aromatic rings. The molecule has 1 unspecified atom stereocenters. The van der Waals surface area contributed by atoms with Crippen molar-refractivity contribution in [3.05, 3.63) is 107 Å². The standard InChI is InChI=1S/C27H27N3O5/c1-35-24-10-6-5-7-21(24)16-17-23(20-14-11-19(12-15-20)13-18-25(31)30-34)28-27(33)29-26(32)22-8-3-2-4-9-22/h2-15,18,23,34H,16-17H2,1H3,(H,30,31)(H2,28,29,32,33). The molecule has 0 fully saturated rings. The van der Waals surface area contributed by atoms with Crippen LogP contribution in [0.15, 0.2) is 84.9 Å². The highest BCUT2D eigenvalue weighted by Gasteiger charge is 2.18. The Kier molecular flexibility index (Phi) is 9.15. The van der Waals surface area contributed by atoms with Gasteiger partial charge in [-0.15, -0.1) is 0 Å². The number of urea groups is 1. The summed E-state index contributed by atoms with van der Waals surface area (Å²) in [7, 11) is 1.61. The van der Waals surface area contributed by atoms with E-state index in [2.05, 4.69) is 10.6 Å². The summed E-state index contributed by atoms with van der Waals surface area (Å²) in [5.74, 6) is -0.364. The van der Waals surface area contributed by atoms with E-state index in [1.54, 1.807) is 55.7 Å². The van der Waals surface area contributed by atoms with Crippen LogP contribution in [0, 0.1) is 0 Å². The maximum atomic E-state index is 12.7. The van der Waals surface area contributed by atoms with E-state index in [1.165, 1.54) is 11.6 Å². The van der Waals surface area contributed by atoms with Crippen LogP contribution in [-0.2, 0) is 11.2 Å². The number of aryl methyl sites for hydroxylation is 1. The highest BCUT2D eigenvalue weighted by Crippen LogP contribution is 2.24. The van der Waals surface area contributed by atoms with Crippen LogP contribution >= 0.6 is 0 Å². The van der Waals surface area contributed by atoms with Gasteiger partial charge >= 0.3 is 6.03 Å². The molecule has 1 atom stereocenters. The van der Waals surface area contributed by atoms with Crippen molar-refractivity contribution in [1.29, 1.82) is 0 Å². The van der Waals surface area contributed by atoms with Gasteiger partial charge in [-0.05, 0) is 53.8 Å². The molecule has 3 rings (SSSR count). The molecule has 0 aromatic heterocycles. The minimum absolute atomic E-state index is 0.385. The van der Waals surface area contributed by atoms with Crippen molar-refractivity contribution in [2.24, 2.45) is 0 Å². The van der Waals surface area contributed by atoms with Crippen molar-refractivity contribution in [2.45, 2.75) is 18.9 Å². The molecule has 0 bridgehead atoms. The number of imide groups is 1. The van der Waals surface area contributed by atoms with E-state index in [9.17, 15) is 14.4 Å². The molecule has 8 heteroatoms. The van der Waals surface area contributed by atoms with Crippen LogP contribution in [0.2, 0.25) is 0 Å². The molecule has 0 saturated heterocycles. The molecule has 0 radical (unpaired) electrons. The number of benzene rings is 3. The number of hydrogen-bond donors (Lipinski definition) is 4. The van der Waals surface area contributed by atoms with Crippen LogP contribution in [0.25, 0.3) is 6.08 Å². The molecule has 180 valence electrons. The summed E-state index contributed by atoms with van der Waals surface area (Å²) in [6.07, 6.45) is 3.93. The van der Waals surface area contributed by atoms with E-state index in [1.807, 2.05) is 36.4 Å². The van der Waals surface area contributed by atoms with Gasteiger partial charge in [0, 0.05) is 11.6 Å². The van der Waals surface area contributed by atoms with E-state index in [4.69, 9.17) is 9.94 Å². The molecular formula is C27H27N3O5. The summed E-state index contributed by atoms with van der Waals surface area (Å²) in [6, 6.07) is 22.4. The summed E-state index contributed by atoms with van der Waals surface area (Å²) in [5.41, 5.74) is 4.49. The second kappa shape index (κ2) is 12.7. The lowest BCUT2D eigenvalue weighted by Gasteiger charge is -2.20. The normalized spacial score (nSPS) is 11.5. The Labute approximate surface area is 203 Å². The summed E-state index contributed by atoms with van der Waals surface area (Å²) in [5, 5.41) is 13.9. The topological polar surface area (TPSA) is 117 Å². The molecule has 0 saturated carbocycles. The fourth-order valence-corrected chi connectivity index (χ4v) is 3.54. The molecule has 0 aliphatic rings. The van der Waals surface area contributed by atoms with Crippen molar-refractivity contribution in [3.63, 3.8) is 0 Å². The third-order valence-corrected chi connectivity index (χ3v) is 5.34. The molecule has 0 aliphatic carbocycles. The van der Waals surface area contributed by atoms with Gasteiger partial charge < -0.3 is 10.1 Å². The first kappa shape index (κ1) is 25.2. The lowest BCUT2D eigenvalue weighted by atomic mass is 9.97. The predicted molar refractivity (Wildman–Crippen MR) is 132 cm³/mol. The second-order valence-electron chi connectivity index (χ2n) is 7.67. The number of ether oxygens (including phenoxy) is 1. The van der Waals surface area contributed by atoms with E-state index in [0.29, 0.717) is 18.4 Å². The first-order valence-corrected chi connectivity index (χ1v) is 11.0. The van der Waals surface area contributed by atoms with Gasteiger partial charge in [0.05, 0.1) is 13.2 Å². The van der Waals surface area contributed by atoms with Crippen LogP contribution in [0.3, 0.4) is 0 Å². The van der Waals surface area contributed by atoms with Crippen LogP contribution in [-0.4, -0.2) is 30.2 Å². The number of nitrogens with one attached hydrogen (secondary N) is 3. The summed E-state index contributed by atoms with van der Waals surface area (Å²) in [6.45, 7) is 0. The van der Waals surface area contributed by atoms with E-state index < -0.39 is 23.9 Å². The Morgan fingerprint density at radius 3 is 2.31 bits per heavy atom. The minimum atomic E-state index is -0.634. The van der Waals surface area contributed by atoms with Gasteiger partial charge in [0.15, 0.2) is 0 Å². The first-order valence-electron chi connectivity index (χ1n) is 11.0. The smallest absolute Gasteiger partial charge is 0.322 e. The molecule has 0 spiro atoms. The monoisotopic (exact) mass is 473 g/mol. The van der Waals surface area contributed by atoms with Crippen molar-refractivity contribution in [2.75, 3.05) is 7.11 Å². The van der Waals surface area contributed by atoms with Crippen LogP contribution in [0.1, 0.15) is 39.5 Å². The summed E-state index contributed by atoms with van der Waals surface area (Å²) < 4.78 is 5.43. The zero-order valence-corrected chi connectivity index (χ0v) is 19.2. The maximum Gasteiger partial charge on any atom is 0.322 e. The number of rotatable bonds is 9. The van der Waals surface area contributed by atoms with Crippen molar-refractivity contribution >= 4 is 23.9 Å². The second-order valence-corrected chi connectivity index (χ2v) is 7.67. The minimum Gasteiger partial charge on any atom is -0.496 e. The van der Waals surface area contributed by atoms with Crippen LogP contribution in [0.5, 0.6) is 5.75 Å².